The molecule has 0 fully saturated rings. The number of nitrogens with one attached hydrogen (secondary N) is 1. The lowest BCUT2D eigenvalue weighted by Gasteiger charge is -2.05. The molecule has 1 aromatic heterocycles. The Hall–Kier alpha value is -1.33. The molecule has 0 bridgehead atoms. The minimum Gasteiger partial charge on any atom is -0.464 e. The molecule has 1 rings (SSSR count). The van der Waals surface area contributed by atoms with Crippen LogP contribution in [0, 0.1) is 0 Å². The maximum absolute atomic E-state index is 11.1. The molecule has 1 heterocycles. The molecular weight excluding hydrogens is 255 g/mol. The van der Waals surface area contributed by atoms with E-state index in [1.807, 2.05) is 0 Å². The van der Waals surface area contributed by atoms with Crippen molar-refractivity contribution in [3.05, 3.63) is 23.0 Å². The lowest BCUT2D eigenvalue weighted by Crippen LogP contribution is -2.14. The fourth-order valence-corrected chi connectivity index (χ4v) is 1.20. The van der Waals surface area contributed by atoms with Crippen LogP contribution >= 0.6 is 23.2 Å². The summed E-state index contributed by atoms with van der Waals surface area (Å²) in [6.07, 6.45) is 0. The highest BCUT2D eigenvalue weighted by Gasteiger charge is 2.11. The van der Waals surface area contributed by atoms with Crippen molar-refractivity contribution in [1.82, 2.24) is 4.98 Å². The van der Waals surface area contributed by atoms with E-state index in [9.17, 15) is 9.59 Å². The number of esters is 1. The molecule has 0 saturated carbocycles. The molecule has 0 aromatic carbocycles. The Morgan fingerprint density at radius 3 is 2.69 bits per heavy atom. The highest BCUT2D eigenvalue weighted by Crippen LogP contribution is 2.19. The van der Waals surface area contributed by atoms with Gasteiger partial charge in [-0.15, -0.1) is 11.6 Å². The number of hydrogen-bond acceptors (Lipinski definition) is 4. The molecule has 1 amide bonds. The van der Waals surface area contributed by atoms with Gasteiger partial charge in [0.1, 0.15) is 11.6 Å². The summed E-state index contributed by atoms with van der Waals surface area (Å²) >= 11 is 11.1. The van der Waals surface area contributed by atoms with E-state index < -0.39 is 11.9 Å². The first-order valence-electron chi connectivity index (χ1n) is 4.19. The predicted molar refractivity (Wildman–Crippen MR) is 59.9 cm³/mol. The number of halogens is 2. The van der Waals surface area contributed by atoms with E-state index in [0.717, 1.165) is 0 Å². The molecule has 7 heteroatoms. The van der Waals surface area contributed by atoms with Crippen LogP contribution in [0.15, 0.2) is 12.1 Å². The first-order valence-corrected chi connectivity index (χ1v) is 5.10. The third-order valence-corrected chi connectivity index (χ3v) is 2.17. The minimum atomic E-state index is -0.600. The number of nitrogens with zero attached hydrogens (tertiary/aromatic N) is 1. The van der Waals surface area contributed by atoms with Crippen LogP contribution in [0.25, 0.3) is 0 Å². The number of carbonyl (C=O) groups is 2. The van der Waals surface area contributed by atoms with Gasteiger partial charge in [0.15, 0.2) is 5.15 Å². The second kappa shape index (κ2) is 5.67. The second-order valence-electron chi connectivity index (χ2n) is 2.71. The van der Waals surface area contributed by atoms with Crippen molar-refractivity contribution in [2.75, 3.05) is 18.3 Å². The summed E-state index contributed by atoms with van der Waals surface area (Å²) in [4.78, 5) is 25.9. The van der Waals surface area contributed by atoms with E-state index in [-0.39, 0.29) is 16.7 Å². The number of ether oxygens (including phenoxy) is 1. The topological polar surface area (TPSA) is 68.3 Å². The Bertz CT molecular complexity index is 423. The number of hydrogen-bond donors (Lipinski definition) is 1. The van der Waals surface area contributed by atoms with Gasteiger partial charge in [-0.25, -0.2) is 9.78 Å². The standard InChI is InChI=1S/C9H8Cl2N2O3/c1-16-9(15)6-3-2-5(8(11)13-6)12-7(14)4-10/h2-3H,4H2,1H3,(H,12,14). The molecule has 0 aliphatic heterocycles. The summed E-state index contributed by atoms with van der Waals surface area (Å²) in [7, 11) is 1.24. The maximum atomic E-state index is 11.1. The van der Waals surface area contributed by atoms with Gasteiger partial charge in [0.2, 0.25) is 5.91 Å². The van der Waals surface area contributed by atoms with Crippen LogP contribution in [0.2, 0.25) is 5.15 Å². The Labute approximate surface area is 102 Å². The molecular formula is C9H8Cl2N2O3. The number of aromatic nitrogens is 1. The Balaban J connectivity index is 2.91. The molecule has 16 heavy (non-hydrogen) atoms. The van der Waals surface area contributed by atoms with E-state index >= 15 is 0 Å². The van der Waals surface area contributed by atoms with Crippen molar-refractivity contribution < 1.29 is 14.3 Å². The second-order valence-corrected chi connectivity index (χ2v) is 3.33. The van der Waals surface area contributed by atoms with Crippen molar-refractivity contribution in [3.63, 3.8) is 0 Å². The molecule has 0 unspecified atom stereocenters. The zero-order valence-electron chi connectivity index (χ0n) is 8.29. The molecule has 0 saturated heterocycles. The zero-order chi connectivity index (χ0) is 12.1. The lowest BCUT2D eigenvalue weighted by atomic mass is 10.3. The average molecular weight is 263 g/mol. The number of methoxy groups -OCH3 is 1. The summed E-state index contributed by atoms with van der Waals surface area (Å²) in [6, 6.07) is 2.84. The molecule has 86 valence electrons. The number of anilines is 1. The van der Waals surface area contributed by atoms with Gasteiger partial charge in [0.05, 0.1) is 12.8 Å². The number of pyridine rings is 1. The highest BCUT2D eigenvalue weighted by molar-refractivity contribution is 6.33. The quantitative estimate of drug-likeness (QED) is 0.512. The van der Waals surface area contributed by atoms with Crippen LogP contribution in [0.4, 0.5) is 5.69 Å². The van der Waals surface area contributed by atoms with Gasteiger partial charge >= 0.3 is 5.97 Å². The fourth-order valence-electron chi connectivity index (χ4n) is 0.929. The van der Waals surface area contributed by atoms with Crippen LogP contribution in [-0.2, 0) is 9.53 Å². The van der Waals surface area contributed by atoms with Crippen molar-refractivity contribution in [1.29, 1.82) is 0 Å². The summed E-state index contributed by atoms with van der Waals surface area (Å²) in [6.45, 7) is 0. The SMILES string of the molecule is COC(=O)c1ccc(NC(=O)CCl)c(Cl)n1. The van der Waals surface area contributed by atoms with E-state index in [1.54, 1.807) is 0 Å². The molecule has 0 radical (unpaired) electrons. The van der Waals surface area contributed by atoms with Crippen LogP contribution in [0.3, 0.4) is 0 Å². The van der Waals surface area contributed by atoms with Gasteiger partial charge in [-0.1, -0.05) is 11.6 Å². The largest absolute Gasteiger partial charge is 0.464 e. The van der Waals surface area contributed by atoms with Gasteiger partial charge < -0.3 is 10.1 Å². The third kappa shape index (κ3) is 3.08. The van der Waals surface area contributed by atoms with Crippen molar-refractivity contribution in [2.45, 2.75) is 0 Å². The van der Waals surface area contributed by atoms with Crippen LogP contribution in [-0.4, -0.2) is 29.9 Å². The summed E-state index contributed by atoms with van der Waals surface area (Å²) < 4.78 is 4.46. The van der Waals surface area contributed by atoms with Crippen molar-refractivity contribution in [3.8, 4) is 0 Å². The number of alkyl halides is 1. The van der Waals surface area contributed by atoms with E-state index in [1.165, 1.54) is 19.2 Å². The summed E-state index contributed by atoms with van der Waals surface area (Å²) in [5.74, 6) is -1.19. The van der Waals surface area contributed by atoms with Crippen LogP contribution in [0.1, 0.15) is 10.5 Å². The predicted octanol–water partition coefficient (Wildman–Crippen LogP) is 1.70. The van der Waals surface area contributed by atoms with Gasteiger partial charge in [-0.2, -0.15) is 0 Å². The molecule has 1 aromatic rings. The monoisotopic (exact) mass is 262 g/mol. The van der Waals surface area contributed by atoms with Gasteiger partial charge in [0.25, 0.3) is 0 Å². The van der Waals surface area contributed by atoms with Gasteiger partial charge in [-0.3, -0.25) is 4.79 Å². The highest BCUT2D eigenvalue weighted by atomic mass is 35.5. The molecule has 0 aliphatic carbocycles. The zero-order valence-corrected chi connectivity index (χ0v) is 9.80. The molecule has 5 nitrogen and oxygen atoms in total. The maximum Gasteiger partial charge on any atom is 0.356 e. The first kappa shape index (κ1) is 12.7. The Morgan fingerprint density at radius 2 is 2.19 bits per heavy atom. The van der Waals surface area contributed by atoms with E-state index in [2.05, 4.69) is 15.0 Å². The van der Waals surface area contributed by atoms with Crippen molar-refractivity contribution >= 4 is 40.8 Å². The van der Waals surface area contributed by atoms with Gasteiger partial charge in [0, 0.05) is 0 Å². The summed E-state index contributed by atoms with van der Waals surface area (Å²) in [5.41, 5.74) is 0.358. The third-order valence-electron chi connectivity index (χ3n) is 1.64. The minimum absolute atomic E-state index is 0.00127. The summed E-state index contributed by atoms with van der Waals surface area (Å²) in [5, 5.41) is 2.43. The molecule has 0 spiro atoms. The Kier molecular flexibility index (Phi) is 4.52. The normalized spacial score (nSPS) is 9.69. The first-order chi connectivity index (χ1) is 7.58. The lowest BCUT2D eigenvalue weighted by molar-refractivity contribution is -0.113. The molecule has 0 aliphatic rings. The average Bonchev–Trinajstić information content (AvgIpc) is 2.30. The van der Waals surface area contributed by atoms with Crippen LogP contribution < -0.4 is 5.32 Å². The van der Waals surface area contributed by atoms with Gasteiger partial charge in [-0.05, 0) is 12.1 Å². The number of rotatable bonds is 3. The van der Waals surface area contributed by atoms with Crippen LogP contribution in [0.5, 0.6) is 0 Å². The fraction of sp³-hybridized carbons (Fsp3) is 0.222. The molecule has 1 N–H and O–H groups in total. The number of carbonyl (C=O) groups excluding carboxylic acids is 2. The molecule has 0 atom stereocenters. The van der Waals surface area contributed by atoms with Crippen molar-refractivity contribution in [2.24, 2.45) is 0 Å². The smallest absolute Gasteiger partial charge is 0.356 e. The Morgan fingerprint density at radius 1 is 1.50 bits per heavy atom. The van der Waals surface area contributed by atoms with E-state index in [0.29, 0.717) is 5.69 Å². The number of amides is 1. The van der Waals surface area contributed by atoms with E-state index in [4.69, 9.17) is 23.2 Å².